The highest BCUT2D eigenvalue weighted by Gasteiger charge is 2.14. The number of ketones is 1. The summed E-state index contributed by atoms with van der Waals surface area (Å²) in [5.41, 5.74) is 1.58. The Morgan fingerprint density at radius 3 is 2.83 bits per heavy atom. The molecule has 0 N–H and O–H groups in total. The van der Waals surface area contributed by atoms with Crippen molar-refractivity contribution in [1.82, 2.24) is 0 Å². The maximum absolute atomic E-state index is 13.1. The largest absolute Gasteiger partial charge is 0.456 e. The lowest BCUT2D eigenvalue weighted by Crippen LogP contribution is -1.89. The number of allylic oxidation sites excluding steroid dienone is 2. The number of furan rings is 1. The van der Waals surface area contributed by atoms with Crippen LogP contribution in [0.4, 0.5) is 4.39 Å². The Balaban J connectivity index is 2.05. The molecule has 0 unspecified atom stereocenters. The molecular weight excluding hydrogens is 231 g/mol. The molecule has 2 aromatic rings. The van der Waals surface area contributed by atoms with Gasteiger partial charge in [-0.05, 0) is 55.2 Å². The van der Waals surface area contributed by atoms with E-state index in [4.69, 9.17) is 4.42 Å². The Morgan fingerprint density at radius 2 is 1.94 bits per heavy atom. The summed E-state index contributed by atoms with van der Waals surface area (Å²) in [5.74, 6) is 0.556. The zero-order valence-corrected chi connectivity index (χ0v) is 9.91. The molecule has 1 aliphatic carbocycles. The van der Waals surface area contributed by atoms with Gasteiger partial charge in [0.25, 0.3) is 0 Å². The van der Waals surface area contributed by atoms with Gasteiger partial charge in [0.1, 0.15) is 17.2 Å². The summed E-state index contributed by atoms with van der Waals surface area (Å²) in [4.78, 5) is 11.6. The van der Waals surface area contributed by atoms with Crippen molar-refractivity contribution >= 4 is 22.3 Å². The predicted octanol–water partition coefficient (Wildman–Crippen LogP) is 4.10. The molecule has 0 fully saturated rings. The van der Waals surface area contributed by atoms with Crippen molar-refractivity contribution in [2.45, 2.75) is 25.7 Å². The highest BCUT2D eigenvalue weighted by atomic mass is 19.1. The Kier molecular flexibility index (Phi) is 2.74. The van der Waals surface area contributed by atoms with Gasteiger partial charge in [0, 0.05) is 11.8 Å². The normalized spacial score (nSPS) is 16.7. The molecule has 0 bridgehead atoms. The fraction of sp³-hybridized carbons (Fsp3) is 0.267. The molecule has 1 aromatic heterocycles. The highest BCUT2D eigenvalue weighted by Crippen LogP contribution is 2.30. The molecule has 2 nitrogen and oxygen atoms in total. The minimum Gasteiger partial charge on any atom is -0.456 e. The van der Waals surface area contributed by atoms with Crippen LogP contribution in [-0.4, -0.2) is 5.78 Å². The zero-order chi connectivity index (χ0) is 12.5. The number of rotatable bonds is 1. The van der Waals surface area contributed by atoms with Crippen LogP contribution in [0.2, 0.25) is 0 Å². The van der Waals surface area contributed by atoms with E-state index >= 15 is 0 Å². The molecule has 0 atom stereocenters. The van der Waals surface area contributed by atoms with Gasteiger partial charge >= 0.3 is 0 Å². The van der Waals surface area contributed by atoms with Crippen molar-refractivity contribution in [1.29, 1.82) is 0 Å². The quantitative estimate of drug-likeness (QED) is 0.756. The van der Waals surface area contributed by atoms with E-state index in [0.29, 0.717) is 17.8 Å². The number of benzene rings is 1. The van der Waals surface area contributed by atoms with Gasteiger partial charge in [-0.3, -0.25) is 4.79 Å². The van der Waals surface area contributed by atoms with Crippen LogP contribution in [0.3, 0.4) is 0 Å². The second-order valence-corrected chi connectivity index (χ2v) is 4.64. The fourth-order valence-corrected chi connectivity index (χ4v) is 2.32. The molecule has 3 rings (SSSR count). The first-order valence-corrected chi connectivity index (χ1v) is 6.15. The van der Waals surface area contributed by atoms with Gasteiger partial charge < -0.3 is 4.42 Å². The molecule has 1 heterocycles. The summed E-state index contributed by atoms with van der Waals surface area (Å²) < 4.78 is 18.8. The molecule has 0 spiro atoms. The van der Waals surface area contributed by atoms with Crippen molar-refractivity contribution in [2.24, 2.45) is 0 Å². The summed E-state index contributed by atoms with van der Waals surface area (Å²) in [6, 6.07) is 6.25. The third-order valence-electron chi connectivity index (χ3n) is 3.25. The minimum absolute atomic E-state index is 0.147. The summed E-state index contributed by atoms with van der Waals surface area (Å²) >= 11 is 0. The van der Waals surface area contributed by atoms with Gasteiger partial charge in [-0.2, -0.15) is 0 Å². The van der Waals surface area contributed by atoms with Crippen molar-refractivity contribution in [3.8, 4) is 0 Å². The zero-order valence-electron chi connectivity index (χ0n) is 9.91. The van der Waals surface area contributed by atoms with E-state index in [9.17, 15) is 9.18 Å². The molecule has 18 heavy (non-hydrogen) atoms. The number of hydrogen-bond donors (Lipinski definition) is 0. The summed E-state index contributed by atoms with van der Waals surface area (Å²) in [5, 5.41) is 0.739. The lowest BCUT2D eigenvalue weighted by Gasteiger charge is -1.99. The number of carbonyl (C=O) groups excluding carboxylic acids is 1. The molecule has 1 aliphatic rings. The van der Waals surface area contributed by atoms with E-state index in [1.54, 1.807) is 12.1 Å². The van der Waals surface area contributed by atoms with Crippen LogP contribution >= 0.6 is 0 Å². The van der Waals surface area contributed by atoms with Gasteiger partial charge in [-0.1, -0.05) is 0 Å². The van der Waals surface area contributed by atoms with Crippen molar-refractivity contribution in [2.75, 3.05) is 0 Å². The van der Waals surface area contributed by atoms with E-state index < -0.39 is 0 Å². The van der Waals surface area contributed by atoms with E-state index in [1.165, 1.54) is 12.1 Å². The van der Waals surface area contributed by atoms with Gasteiger partial charge in [-0.15, -0.1) is 0 Å². The number of halogens is 1. The highest BCUT2D eigenvalue weighted by molar-refractivity contribution is 5.97. The number of carbonyl (C=O) groups is 1. The van der Waals surface area contributed by atoms with Crippen LogP contribution in [0, 0.1) is 5.82 Å². The first-order valence-electron chi connectivity index (χ1n) is 6.15. The molecule has 0 saturated carbocycles. The summed E-state index contributed by atoms with van der Waals surface area (Å²) in [6.45, 7) is 0. The molecule has 0 amide bonds. The smallest absolute Gasteiger partial charge is 0.156 e. The average molecular weight is 244 g/mol. The molecule has 92 valence electrons. The second kappa shape index (κ2) is 4.41. The van der Waals surface area contributed by atoms with Crippen molar-refractivity contribution < 1.29 is 13.6 Å². The third kappa shape index (κ3) is 2.08. The molecule has 3 heteroatoms. The van der Waals surface area contributed by atoms with E-state index in [-0.39, 0.29) is 11.6 Å². The predicted molar refractivity (Wildman–Crippen MR) is 67.6 cm³/mol. The third-order valence-corrected chi connectivity index (χ3v) is 3.25. The maximum atomic E-state index is 13.1. The van der Waals surface area contributed by atoms with E-state index in [0.717, 1.165) is 30.2 Å². The molecule has 1 aromatic carbocycles. The van der Waals surface area contributed by atoms with Crippen LogP contribution in [0.15, 0.2) is 34.8 Å². The Morgan fingerprint density at radius 1 is 1.11 bits per heavy atom. The van der Waals surface area contributed by atoms with Crippen LogP contribution in [-0.2, 0) is 4.79 Å². The average Bonchev–Trinajstić information content (AvgIpc) is 2.63. The van der Waals surface area contributed by atoms with Crippen LogP contribution in [0.5, 0.6) is 0 Å². The van der Waals surface area contributed by atoms with Gasteiger partial charge in [0.15, 0.2) is 5.78 Å². The fourth-order valence-electron chi connectivity index (χ4n) is 2.32. The van der Waals surface area contributed by atoms with Gasteiger partial charge in [-0.25, -0.2) is 4.39 Å². The topological polar surface area (TPSA) is 30.2 Å². The van der Waals surface area contributed by atoms with Gasteiger partial charge in [0.2, 0.25) is 0 Å². The molecular formula is C15H13FO2. The van der Waals surface area contributed by atoms with Crippen molar-refractivity contribution in [3.05, 3.63) is 41.9 Å². The van der Waals surface area contributed by atoms with Crippen LogP contribution in [0.1, 0.15) is 31.4 Å². The SMILES string of the molecule is O=C1C=C(c2cc3cc(F)ccc3o2)CCCC1. The molecule has 0 aliphatic heterocycles. The Labute approximate surface area is 104 Å². The standard InChI is InChI=1S/C15H13FO2/c16-12-5-6-14-11(7-12)9-15(18-14)10-3-1-2-4-13(17)8-10/h5-9H,1-4H2. The first kappa shape index (κ1) is 11.2. The molecule has 0 radical (unpaired) electrons. The maximum Gasteiger partial charge on any atom is 0.156 e. The number of hydrogen-bond acceptors (Lipinski definition) is 2. The summed E-state index contributed by atoms with van der Waals surface area (Å²) in [7, 11) is 0. The first-order chi connectivity index (χ1) is 8.72. The van der Waals surface area contributed by atoms with Crippen molar-refractivity contribution in [3.63, 3.8) is 0 Å². The minimum atomic E-state index is -0.277. The molecule has 0 saturated heterocycles. The van der Waals surface area contributed by atoms with Crippen LogP contribution in [0.25, 0.3) is 16.5 Å². The van der Waals surface area contributed by atoms with Gasteiger partial charge in [0.05, 0.1) is 0 Å². The monoisotopic (exact) mass is 244 g/mol. The second-order valence-electron chi connectivity index (χ2n) is 4.64. The van der Waals surface area contributed by atoms with E-state index in [2.05, 4.69) is 0 Å². The lowest BCUT2D eigenvalue weighted by molar-refractivity contribution is -0.114. The number of fused-ring (bicyclic) bond motifs is 1. The van der Waals surface area contributed by atoms with Crippen LogP contribution < -0.4 is 0 Å². The van der Waals surface area contributed by atoms with E-state index in [1.807, 2.05) is 6.07 Å². The lowest BCUT2D eigenvalue weighted by atomic mass is 10.1. The Hall–Kier alpha value is -1.90. The summed E-state index contributed by atoms with van der Waals surface area (Å²) in [6.07, 6.45) is 5.03. The Bertz CT molecular complexity index is 637.